The van der Waals surface area contributed by atoms with E-state index in [1.807, 2.05) is 43.3 Å². The Labute approximate surface area is 164 Å². The molecule has 1 unspecified atom stereocenters. The Hall–Kier alpha value is -3.28. The molecule has 0 fully saturated rings. The highest BCUT2D eigenvalue weighted by Gasteiger charge is 2.31. The average Bonchev–Trinajstić information content (AvgIpc) is 3.14. The van der Waals surface area contributed by atoms with Crippen molar-refractivity contribution < 1.29 is 19.4 Å². The Bertz CT molecular complexity index is 903. The third kappa shape index (κ3) is 4.17. The van der Waals surface area contributed by atoms with Gasteiger partial charge in [-0.05, 0) is 49.7 Å². The van der Waals surface area contributed by atoms with E-state index in [1.165, 1.54) is 6.08 Å². The van der Waals surface area contributed by atoms with Crippen molar-refractivity contribution in [3.8, 4) is 11.5 Å². The molecule has 28 heavy (non-hydrogen) atoms. The van der Waals surface area contributed by atoms with E-state index >= 15 is 0 Å². The van der Waals surface area contributed by atoms with E-state index in [-0.39, 0.29) is 11.8 Å². The number of aromatic hydroxyl groups is 1. The molecule has 146 valence electrons. The van der Waals surface area contributed by atoms with Crippen LogP contribution in [0, 0.1) is 0 Å². The molecule has 1 aliphatic rings. The molecule has 0 amide bonds. The van der Waals surface area contributed by atoms with Crippen LogP contribution in [0.4, 0.5) is 0 Å². The van der Waals surface area contributed by atoms with Crippen molar-refractivity contribution in [2.45, 2.75) is 26.3 Å². The topological polar surface area (TPSA) is 71.4 Å². The largest absolute Gasteiger partial charge is 0.508 e. The molecule has 1 N–H and O–H groups in total. The molecule has 6 heteroatoms. The number of para-hydroxylation sites is 1. The summed E-state index contributed by atoms with van der Waals surface area (Å²) in [5.41, 5.74) is 3.24. The Morgan fingerprint density at radius 2 is 1.96 bits per heavy atom. The highest BCUT2D eigenvalue weighted by atomic mass is 16.5. The molecule has 2 aromatic carbocycles. The van der Waals surface area contributed by atoms with Crippen molar-refractivity contribution in [3.63, 3.8) is 0 Å². The van der Waals surface area contributed by atoms with E-state index in [0.29, 0.717) is 18.7 Å². The summed E-state index contributed by atoms with van der Waals surface area (Å²) in [5.74, 6) is 0.562. The molecule has 1 heterocycles. The second-order valence-electron chi connectivity index (χ2n) is 6.44. The van der Waals surface area contributed by atoms with Crippen molar-refractivity contribution in [2.24, 2.45) is 5.10 Å². The molecule has 3 rings (SSSR count). The van der Waals surface area contributed by atoms with Gasteiger partial charge in [-0.25, -0.2) is 4.79 Å². The average molecular weight is 380 g/mol. The number of carbonyl (C=O) groups is 1. The number of hydrazone groups is 1. The molecule has 1 atom stereocenters. The van der Waals surface area contributed by atoms with Crippen molar-refractivity contribution >= 4 is 11.7 Å². The zero-order valence-electron chi connectivity index (χ0n) is 16.3. The predicted octanol–water partition coefficient (Wildman–Crippen LogP) is 4.02. The van der Waals surface area contributed by atoms with Gasteiger partial charge in [0.05, 0.1) is 25.5 Å². The van der Waals surface area contributed by atoms with Crippen LogP contribution in [0.25, 0.3) is 0 Å². The van der Waals surface area contributed by atoms with E-state index in [4.69, 9.17) is 14.6 Å². The standard InChI is InChI=1S/C22H24N2O4/c1-4-28-22(26)13-15(2)24-20(18-7-5-6-8-21(18)25)14-19(23-24)16-9-11-17(27-3)12-10-16/h5-13,20,25H,4,14H2,1-3H3. The second kappa shape index (κ2) is 8.61. The van der Waals surface area contributed by atoms with Crippen LogP contribution < -0.4 is 4.74 Å². The Morgan fingerprint density at radius 1 is 1.25 bits per heavy atom. The molecule has 6 nitrogen and oxygen atoms in total. The van der Waals surface area contributed by atoms with Gasteiger partial charge < -0.3 is 14.6 Å². The number of nitrogens with zero attached hydrogens (tertiary/aromatic N) is 2. The van der Waals surface area contributed by atoms with Crippen molar-refractivity contribution in [1.29, 1.82) is 0 Å². The summed E-state index contributed by atoms with van der Waals surface area (Å²) in [6.45, 7) is 3.89. The van der Waals surface area contributed by atoms with Crippen LogP contribution in [-0.2, 0) is 9.53 Å². The van der Waals surface area contributed by atoms with Crippen LogP contribution in [0.1, 0.15) is 37.4 Å². The number of allylic oxidation sites excluding steroid dienone is 1. The third-order valence-electron chi connectivity index (χ3n) is 4.60. The predicted molar refractivity (Wildman–Crippen MR) is 107 cm³/mol. The quantitative estimate of drug-likeness (QED) is 0.605. The Morgan fingerprint density at radius 3 is 2.61 bits per heavy atom. The van der Waals surface area contributed by atoms with Crippen LogP contribution in [0.2, 0.25) is 0 Å². The SMILES string of the molecule is CCOC(=O)C=C(C)N1N=C(c2ccc(OC)cc2)CC1c1ccccc1O. The first-order valence-electron chi connectivity index (χ1n) is 9.17. The zero-order valence-corrected chi connectivity index (χ0v) is 16.3. The van der Waals surface area contributed by atoms with Gasteiger partial charge in [-0.15, -0.1) is 0 Å². The molecule has 0 spiro atoms. The fourth-order valence-electron chi connectivity index (χ4n) is 3.23. The maximum absolute atomic E-state index is 11.9. The van der Waals surface area contributed by atoms with E-state index < -0.39 is 5.97 Å². The second-order valence-corrected chi connectivity index (χ2v) is 6.44. The highest BCUT2D eigenvalue weighted by Crippen LogP contribution is 2.39. The van der Waals surface area contributed by atoms with Crippen molar-refractivity contribution in [2.75, 3.05) is 13.7 Å². The lowest BCUT2D eigenvalue weighted by atomic mass is 9.97. The number of carbonyl (C=O) groups excluding carboxylic acids is 1. The van der Waals surface area contributed by atoms with E-state index in [2.05, 4.69) is 0 Å². The summed E-state index contributed by atoms with van der Waals surface area (Å²) in [5, 5.41) is 16.9. The first-order chi connectivity index (χ1) is 13.5. The first-order valence-corrected chi connectivity index (χ1v) is 9.17. The third-order valence-corrected chi connectivity index (χ3v) is 4.60. The number of benzene rings is 2. The maximum atomic E-state index is 11.9. The number of hydrogen-bond acceptors (Lipinski definition) is 6. The van der Waals surface area contributed by atoms with Crippen LogP contribution >= 0.6 is 0 Å². The number of ether oxygens (including phenoxy) is 2. The molecule has 0 radical (unpaired) electrons. The molecule has 0 aliphatic carbocycles. The summed E-state index contributed by atoms with van der Waals surface area (Å²) in [7, 11) is 1.63. The fourth-order valence-corrected chi connectivity index (χ4v) is 3.23. The first kappa shape index (κ1) is 19.5. The number of esters is 1. The molecule has 0 saturated carbocycles. The van der Waals surface area contributed by atoms with E-state index in [9.17, 15) is 9.90 Å². The van der Waals surface area contributed by atoms with Crippen LogP contribution in [-0.4, -0.2) is 35.5 Å². The van der Waals surface area contributed by atoms with Crippen molar-refractivity contribution in [1.82, 2.24) is 5.01 Å². The van der Waals surface area contributed by atoms with Gasteiger partial charge in [0.25, 0.3) is 0 Å². The lowest BCUT2D eigenvalue weighted by Gasteiger charge is -2.24. The number of rotatable bonds is 6. The number of phenolic OH excluding ortho intramolecular Hbond substituents is 1. The highest BCUT2D eigenvalue weighted by molar-refractivity contribution is 6.02. The van der Waals surface area contributed by atoms with Gasteiger partial charge in [0.1, 0.15) is 11.5 Å². The van der Waals surface area contributed by atoms with Gasteiger partial charge in [0.15, 0.2) is 0 Å². The van der Waals surface area contributed by atoms with E-state index in [0.717, 1.165) is 22.6 Å². The minimum atomic E-state index is -0.413. The molecule has 0 aromatic heterocycles. The van der Waals surface area contributed by atoms with Crippen LogP contribution in [0.3, 0.4) is 0 Å². The molecule has 0 bridgehead atoms. The molecular formula is C22H24N2O4. The number of phenols is 1. The monoisotopic (exact) mass is 380 g/mol. The van der Waals surface area contributed by atoms with Crippen LogP contribution in [0.15, 0.2) is 65.4 Å². The molecule has 1 aliphatic heterocycles. The molecular weight excluding hydrogens is 356 g/mol. The summed E-state index contributed by atoms with van der Waals surface area (Å²) >= 11 is 0. The Balaban J connectivity index is 1.97. The fraction of sp³-hybridized carbons (Fsp3) is 0.273. The van der Waals surface area contributed by atoms with Gasteiger partial charge in [-0.3, -0.25) is 5.01 Å². The van der Waals surface area contributed by atoms with E-state index in [1.54, 1.807) is 31.2 Å². The number of methoxy groups -OCH3 is 1. The van der Waals surface area contributed by atoms with Crippen molar-refractivity contribution in [3.05, 3.63) is 71.4 Å². The summed E-state index contributed by atoms with van der Waals surface area (Å²) < 4.78 is 10.2. The van der Waals surface area contributed by atoms with Gasteiger partial charge in [-0.2, -0.15) is 5.10 Å². The zero-order chi connectivity index (χ0) is 20.1. The van der Waals surface area contributed by atoms with Gasteiger partial charge in [0.2, 0.25) is 0 Å². The Kier molecular flexibility index (Phi) is 5.99. The molecule has 0 saturated heterocycles. The smallest absolute Gasteiger partial charge is 0.332 e. The minimum Gasteiger partial charge on any atom is -0.508 e. The maximum Gasteiger partial charge on any atom is 0.332 e. The summed E-state index contributed by atoms with van der Waals surface area (Å²) in [4.78, 5) is 11.9. The van der Waals surface area contributed by atoms with Gasteiger partial charge in [-0.1, -0.05) is 18.2 Å². The lowest BCUT2D eigenvalue weighted by molar-refractivity contribution is -0.137. The normalized spacial score (nSPS) is 16.7. The summed E-state index contributed by atoms with van der Waals surface area (Å²) in [6, 6.07) is 14.6. The van der Waals surface area contributed by atoms with Gasteiger partial charge >= 0.3 is 5.97 Å². The van der Waals surface area contributed by atoms with Gasteiger partial charge in [0, 0.05) is 23.8 Å². The van der Waals surface area contributed by atoms with Crippen LogP contribution in [0.5, 0.6) is 11.5 Å². The lowest BCUT2D eigenvalue weighted by Crippen LogP contribution is -2.19. The number of hydrogen-bond donors (Lipinski definition) is 1. The minimum absolute atomic E-state index is 0.201. The molecule has 2 aromatic rings. The summed E-state index contributed by atoms with van der Waals surface area (Å²) in [6.07, 6.45) is 2.02.